The van der Waals surface area contributed by atoms with E-state index in [1.54, 1.807) is 0 Å². The summed E-state index contributed by atoms with van der Waals surface area (Å²) in [6, 6.07) is 2.60. The van der Waals surface area contributed by atoms with Crippen LogP contribution in [0.5, 0.6) is 5.75 Å². The van der Waals surface area contributed by atoms with Crippen LogP contribution in [0.15, 0.2) is 24.3 Å². The first-order chi connectivity index (χ1) is 9.08. The van der Waals surface area contributed by atoms with E-state index in [0.717, 1.165) is 25.0 Å². The van der Waals surface area contributed by atoms with E-state index >= 15 is 0 Å². The number of hydrogen-bond donors (Lipinski definition) is 1. The second kappa shape index (κ2) is 7.89. The molecular formula is C15H21F2NO. The highest BCUT2D eigenvalue weighted by Gasteiger charge is 2.12. The quantitative estimate of drug-likeness (QED) is 0.572. The molecule has 0 aliphatic rings. The Morgan fingerprint density at radius 2 is 1.89 bits per heavy atom. The maximum atomic E-state index is 13.8. The molecular weight excluding hydrogens is 248 g/mol. The fourth-order valence-electron chi connectivity index (χ4n) is 1.54. The van der Waals surface area contributed by atoms with Crippen LogP contribution in [0.3, 0.4) is 0 Å². The Kier molecular flexibility index (Phi) is 6.50. The van der Waals surface area contributed by atoms with Crippen LogP contribution >= 0.6 is 0 Å². The number of halogens is 2. The minimum atomic E-state index is -0.669. The molecule has 19 heavy (non-hydrogen) atoms. The predicted molar refractivity (Wildman–Crippen MR) is 73.3 cm³/mol. The zero-order valence-electron chi connectivity index (χ0n) is 11.6. The molecule has 0 fully saturated rings. The molecule has 0 atom stereocenters. The van der Waals surface area contributed by atoms with Gasteiger partial charge in [0.15, 0.2) is 17.4 Å². The third-order valence-corrected chi connectivity index (χ3v) is 2.73. The highest BCUT2D eigenvalue weighted by molar-refractivity contribution is 5.31. The molecule has 0 saturated heterocycles. The number of rotatable bonds is 8. The Morgan fingerprint density at radius 3 is 2.42 bits per heavy atom. The Bertz CT molecular complexity index is 409. The van der Waals surface area contributed by atoms with Gasteiger partial charge in [-0.1, -0.05) is 20.4 Å². The fraction of sp³-hybridized carbons (Fsp3) is 0.467. The molecule has 0 radical (unpaired) electrons. The Morgan fingerprint density at radius 1 is 1.26 bits per heavy atom. The van der Waals surface area contributed by atoms with E-state index in [1.807, 2.05) is 13.8 Å². The van der Waals surface area contributed by atoms with Crippen molar-refractivity contribution in [1.29, 1.82) is 0 Å². The molecule has 0 aliphatic heterocycles. The Labute approximate surface area is 113 Å². The SMILES string of the molecule is C=C(CC)COc1c(F)cc(CNCCC)cc1F. The van der Waals surface area contributed by atoms with Gasteiger partial charge >= 0.3 is 0 Å². The van der Waals surface area contributed by atoms with Gasteiger partial charge in [0, 0.05) is 6.54 Å². The van der Waals surface area contributed by atoms with Crippen LogP contribution in [0.1, 0.15) is 32.3 Å². The van der Waals surface area contributed by atoms with Crippen LogP contribution in [0.2, 0.25) is 0 Å². The maximum absolute atomic E-state index is 13.8. The van der Waals surface area contributed by atoms with Crippen molar-refractivity contribution in [3.8, 4) is 5.75 Å². The summed E-state index contributed by atoms with van der Waals surface area (Å²) >= 11 is 0. The molecule has 2 nitrogen and oxygen atoms in total. The van der Waals surface area contributed by atoms with E-state index in [4.69, 9.17) is 4.74 Å². The molecule has 0 spiro atoms. The second-order valence-electron chi connectivity index (χ2n) is 4.46. The fourth-order valence-corrected chi connectivity index (χ4v) is 1.54. The molecule has 1 aromatic carbocycles. The average Bonchev–Trinajstić information content (AvgIpc) is 2.37. The molecule has 0 unspecified atom stereocenters. The molecule has 0 bridgehead atoms. The van der Waals surface area contributed by atoms with Crippen LogP contribution in [0, 0.1) is 11.6 Å². The van der Waals surface area contributed by atoms with Gasteiger partial charge in [-0.3, -0.25) is 0 Å². The first kappa shape index (κ1) is 15.6. The van der Waals surface area contributed by atoms with Gasteiger partial charge in [0.2, 0.25) is 0 Å². The van der Waals surface area contributed by atoms with Gasteiger partial charge in [-0.15, -0.1) is 0 Å². The summed E-state index contributed by atoms with van der Waals surface area (Å²) in [7, 11) is 0. The van der Waals surface area contributed by atoms with Crippen molar-refractivity contribution in [2.24, 2.45) is 0 Å². The third-order valence-electron chi connectivity index (χ3n) is 2.73. The zero-order chi connectivity index (χ0) is 14.3. The standard InChI is InChI=1S/C15H21F2NO/c1-4-6-18-9-12-7-13(16)15(14(17)8-12)19-10-11(3)5-2/h7-8,18H,3-6,9-10H2,1-2H3. The number of benzene rings is 1. The minimum absolute atomic E-state index is 0.137. The van der Waals surface area contributed by atoms with E-state index < -0.39 is 11.6 Å². The summed E-state index contributed by atoms with van der Waals surface area (Å²) in [5, 5.41) is 3.10. The second-order valence-corrected chi connectivity index (χ2v) is 4.46. The first-order valence-electron chi connectivity index (χ1n) is 6.56. The summed E-state index contributed by atoms with van der Waals surface area (Å²) in [5.74, 6) is -1.66. The van der Waals surface area contributed by atoms with Crippen molar-refractivity contribution in [3.63, 3.8) is 0 Å². The topological polar surface area (TPSA) is 21.3 Å². The lowest BCUT2D eigenvalue weighted by Crippen LogP contribution is -2.14. The van der Waals surface area contributed by atoms with Crippen LogP contribution in [-0.2, 0) is 6.54 Å². The van der Waals surface area contributed by atoms with Gasteiger partial charge in [-0.05, 0) is 42.7 Å². The summed E-state index contributed by atoms with van der Waals surface area (Å²) < 4.78 is 32.6. The van der Waals surface area contributed by atoms with Crippen LogP contribution in [0.25, 0.3) is 0 Å². The van der Waals surface area contributed by atoms with E-state index in [2.05, 4.69) is 11.9 Å². The van der Waals surface area contributed by atoms with Crippen molar-refractivity contribution in [2.75, 3.05) is 13.2 Å². The van der Waals surface area contributed by atoms with Gasteiger partial charge in [0.1, 0.15) is 6.61 Å². The van der Waals surface area contributed by atoms with Crippen LogP contribution in [-0.4, -0.2) is 13.2 Å². The maximum Gasteiger partial charge on any atom is 0.191 e. The average molecular weight is 269 g/mol. The summed E-state index contributed by atoms with van der Waals surface area (Å²) in [4.78, 5) is 0. The Balaban J connectivity index is 2.71. The largest absolute Gasteiger partial charge is 0.483 e. The molecule has 106 valence electrons. The highest BCUT2D eigenvalue weighted by atomic mass is 19.1. The summed E-state index contributed by atoms with van der Waals surface area (Å²) in [6.07, 6.45) is 1.70. The zero-order valence-corrected chi connectivity index (χ0v) is 11.6. The molecule has 4 heteroatoms. The smallest absolute Gasteiger partial charge is 0.191 e. The van der Waals surface area contributed by atoms with Gasteiger partial charge < -0.3 is 10.1 Å². The highest BCUT2D eigenvalue weighted by Crippen LogP contribution is 2.24. The molecule has 0 saturated carbocycles. The van der Waals surface area contributed by atoms with E-state index in [0.29, 0.717) is 12.1 Å². The normalized spacial score (nSPS) is 10.5. The minimum Gasteiger partial charge on any atom is -0.483 e. The van der Waals surface area contributed by atoms with Gasteiger partial charge in [-0.2, -0.15) is 0 Å². The first-order valence-corrected chi connectivity index (χ1v) is 6.56. The van der Waals surface area contributed by atoms with Crippen molar-refractivity contribution in [2.45, 2.75) is 33.2 Å². The van der Waals surface area contributed by atoms with E-state index in [1.165, 1.54) is 12.1 Å². The number of nitrogens with one attached hydrogen (secondary N) is 1. The molecule has 0 heterocycles. The molecule has 0 amide bonds. The van der Waals surface area contributed by atoms with E-state index in [9.17, 15) is 8.78 Å². The lowest BCUT2D eigenvalue weighted by Gasteiger charge is -2.11. The molecule has 1 N–H and O–H groups in total. The Hall–Kier alpha value is -1.42. The van der Waals surface area contributed by atoms with Gasteiger partial charge in [-0.25, -0.2) is 8.78 Å². The van der Waals surface area contributed by atoms with Crippen molar-refractivity contribution < 1.29 is 13.5 Å². The lowest BCUT2D eigenvalue weighted by molar-refractivity contribution is 0.309. The summed E-state index contributed by atoms with van der Waals surface area (Å²) in [6.45, 7) is 9.09. The molecule has 0 aromatic heterocycles. The van der Waals surface area contributed by atoms with Crippen molar-refractivity contribution >= 4 is 0 Å². The van der Waals surface area contributed by atoms with Crippen LogP contribution in [0.4, 0.5) is 8.78 Å². The van der Waals surface area contributed by atoms with Crippen LogP contribution < -0.4 is 10.1 Å². The molecule has 1 aromatic rings. The monoisotopic (exact) mass is 269 g/mol. The number of hydrogen-bond acceptors (Lipinski definition) is 2. The van der Waals surface area contributed by atoms with E-state index in [-0.39, 0.29) is 12.4 Å². The lowest BCUT2D eigenvalue weighted by atomic mass is 10.2. The summed E-state index contributed by atoms with van der Waals surface area (Å²) in [5.41, 5.74) is 1.37. The number of ether oxygens (including phenoxy) is 1. The molecule has 0 aliphatic carbocycles. The molecule has 1 rings (SSSR count). The van der Waals surface area contributed by atoms with Crippen molar-refractivity contribution in [3.05, 3.63) is 41.5 Å². The van der Waals surface area contributed by atoms with Gasteiger partial charge in [0.25, 0.3) is 0 Å². The predicted octanol–water partition coefficient (Wildman–Crippen LogP) is 3.81. The third kappa shape index (κ3) is 4.99. The van der Waals surface area contributed by atoms with Crippen molar-refractivity contribution in [1.82, 2.24) is 5.32 Å². The van der Waals surface area contributed by atoms with Gasteiger partial charge in [0.05, 0.1) is 0 Å².